The van der Waals surface area contributed by atoms with Gasteiger partial charge in [0, 0.05) is 6.08 Å². The van der Waals surface area contributed by atoms with Gasteiger partial charge in [0.15, 0.2) is 11.5 Å². The van der Waals surface area contributed by atoms with Crippen LogP contribution in [0.1, 0.15) is 11.1 Å². The maximum atomic E-state index is 11.8. The number of carbonyl (C=O) groups excluding carboxylic acids is 1. The Kier molecular flexibility index (Phi) is 6.59. The van der Waals surface area contributed by atoms with E-state index in [9.17, 15) is 4.79 Å². The molecule has 6 nitrogen and oxygen atoms in total. The van der Waals surface area contributed by atoms with Crippen molar-refractivity contribution in [2.75, 3.05) is 21.3 Å². The van der Waals surface area contributed by atoms with Crippen molar-refractivity contribution in [3.63, 3.8) is 0 Å². The number of methoxy groups -OCH3 is 3. The van der Waals surface area contributed by atoms with Crippen molar-refractivity contribution in [2.45, 2.75) is 0 Å². The third kappa shape index (κ3) is 5.39. The van der Waals surface area contributed by atoms with Gasteiger partial charge in [-0.1, -0.05) is 12.1 Å². The number of hydrogen-bond donors (Lipinski definition) is 1. The Hall–Kier alpha value is -3.28. The van der Waals surface area contributed by atoms with E-state index in [4.69, 9.17) is 14.2 Å². The zero-order valence-electron chi connectivity index (χ0n) is 14.4. The van der Waals surface area contributed by atoms with Crippen molar-refractivity contribution in [3.05, 3.63) is 59.7 Å². The molecule has 0 saturated heterocycles. The number of amides is 1. The molecule has 1 N–H and O–H groups in total. The highest BCUT2D eigenvalue weighted by molar-refractivity contribution is 5.92. The van der Waals surface area contributed by atoms with E-state index >= 15 is 0 Å². The molecule has 6 heteroatoms. The predicted molar refractivity (Wildman–Crippen MR) is 97.3 cm³/mol. The Bertz CT molecular complexity index is 767. The zero-order chi connectivity index (χ0) is 18.1. The lowest BCUT2D eigenvalue weighted by molar-refractivity contribution is -0.116. The van der Waals surface area contributed by atoms with E-state index < -0.39 is 0 Å². The number of ether oxygens (including phenoxy) is 3. The molecule has 0 aliphatic rings. The Morgan fingerprint density at radius 3 is 2.24 bits per heavy atom. The third-order valence-electron chi connectivity index (χ3n) is 3.34. The van der Waals surface area contributed by atoms with Gasteiger partial charge >= 0.3 is 0 Å². The van der Waals surface area contributed by atoms with E-state index in [1.807, 2.05) is 30.3 Å². The molecule has 0 bridgehead atoms. The fourth-order valence-electron chi connectivity index (χ4n) is 2.03. The SMILES string of the molecule is COc1ccc(/C=C/C(=O)N/N=C\c2ccc(OC)c(OC)c2)cc1. The number of nitrogens with one attached hydrogen (secondary N) is 1. The first kappa shape index (κ1) is 18.1. The van der Waals surface area contributed by atoms with Crippen LogP contribution in [0.4, 0.5) is 0 Å². The topological polar surface area (TPSA) is 69.2 Å². The Labute approximate surface area is 146 Å². The van der Waals surface area contributed by atoms with Gasteiger partial charge in [0.25, 0.3) is 5.91 Å². The largest absolute Gasteiger partial charge is 0.497 e. The first-order chi connectivity index (χ1) is 12.2. The minimum atomic E-state index is -0.326. The molecular formula is C19H20N2O4. The maximum Gasteiger partial charge on any atom is 0.264 e. The van der Waals surface area contributed by atoms with E-state index in [0.717, 1.165) is 16.9 Å². The van der Waals surface area contributed by atoms with Crippen LogP contribution in [0.3, 0.4) is 0 Å². The standard InChI is InChI=1S/C19H20N2O4/c1-23-16-8-4-14(5-9-16)7-11-19(22)21-20-13-15-6-10-17(24-2)18(12-15)25-3/h4-13H,1-3H3,(H,21,22)/b11-7+,20-13-. The molecule has 0 spiro atoms. The van der Waals surface area contributed by atoms with Crippen molar-refractivity contribution >= 4 is 18.2 Å². The minimum Gasteiger partial charge on any atom is -0.497 e. The molecule has 0 radical (unpaired) electrons. The molecule has 2 aromatic carbocycles. The second-order valence-corrected chi connectivity index (χ2v) is 4.96. The van der Waals surface area contributed by atoms with Crippen molar-refractivity contribution in [1.82, 2.24) is 5.43 Å². The normalized spacial score (nSPS) is 10.8. The zero-order valence-corrected chi connectivity index (χ0v) is 14.4. The van der Waals surface area contributed by atoms with Gasteiger partial charge in [0.1, 0.15) is 5.75 Å². The molecule has 0 heterocycles. The molecular weight excluding hydrogens is 320 g/mol. The number of hydrogen-bond acceptors (Lipinski definition) is 5. The van der Waals surface area contributed by atoms with Gasteiger partial charge in [0.05, 0.1) is 27.5 Å². The van der Waals surface area contributed by atoms with Crippen LogP contribution in [0.5, 0.6) is 17.2 Å². The first-order valence-corrected chi connectivity index (χ1v) is 7.53. The Morgan fingerprint density at radius 1 is 0.920 bits per heavy atom. The van der Waals surface area contributed by atoms with E-state index in [0.29, 0.717) is 11.5 Å². The summed E-state index contributed by atoms with van der Waals surface area (Å²) in [5.74, 6) is 1.66. The smallest absolute Gasteiger partial charge is 0.264 e. The summed E-state index contributed by atoms with van der Waals surface area (Å²) in [5, 5.41) is 3.92. The summed E-state index contributed by atoms with van der Waals surface area (Å²) in [7, 11) is 4.74. The van der Waals surface area contributed by atoms with Crippen LogP contribution >= 0.6 is 0 Å². The molecule has 130 valence electrons. The monoisotopic (exact) mass is 340 g/mol. The van der Waals surface area contributed by atoms with Crippen LogP contribution in [0.15, 0.2) is 53.6 Å². The van der Waals surface area contributed by atoms with Crippen molar-refractivity contribution in [3.8, 4) is 17.2 Å². The summed E-state index contributed by atoms with van der Waals surface area (Å²) in [6.07, 6.45) is 4.63. The van der Waals surface area contributed by atoms with Crippen LogP contribution in [-0.4, -0.2) is 33.5 Å². The lowest BCUT2D eigenvalue weighted by Gasteiger charge is -2.07. The van der Waals surface area contributed by atoms with Crippen LogP contribution in [0.2, 0.25) is 0 Å². The summed E-state index contributed by atoms with van der Waals surface area (Å²) < 4.78 is 15.5. The van der Waals surface area contributed by atoms with Crippen molar-refractivity contribution < 1.29 is 19.0 Å². The quantitative estimate of drug-likeness (QED) is 0.478. The molecule has 1 amide bonds. The molecule has 0 aliphatic carbocycles. The average Bonchev–Trinajstić information content (AvgIpc) is 2.66. The molecule has 25 heavy (non-hydrogen) atoms. The van der Waals surface area contributed by atoms with Crippen molar-refractivity contribution in [1.29, 1.82) is 0 Å². The summed E-state index contributed by atoms with van der Waals surface area (Å²) in [6.45, 7) is 0. The summed E-state index contributed by atoms with van der Waals surface area (Å²) >= 11 is 0. The summed E-state index contributed by atoms with van der Waals surface area (Å²) in [5.41, 5.74) is 4.10. The predicted octanol–water partition coefficient (Wildman–Crippen LogP) is 2.88. The summed E-state index contributed by atoms with van der Waals surface area (Å²) in [6, 6.07) is 12.7. The molecule has 2 aromatic rings. The third-order valence-corrected chi connectivity index (χ3v) is 3.34. The van der Waals surface area contributed by atoms with Gasteiger partial charge in [-0.05, 0) is 47.5 Å². The van der Waals surface area contributed by atoms with Crippen molar-refractivity contribution in [2.24, 2.45) is 5.10 Å². The number of benzene rings is 2. The molecule has 2 rings (SSSR count). The number of hydrazone groups is 1. The van der Waals surface area contributed by atoms with Gasteiger partial charge in [-0.2, -0.15) is 5.10 Å². The Balaban J connectivity index is 1.92. The van der Waals surface area contributed by atoms with Crippen LogP contribution in [0.25, 0.3) is 6.08 Å². The summed E-state index contributed by atoms with van der Waals surface area (Å²) in [4.78, 5) is 11.8. The van der Waals surface area contributed by atoms with Gasteiger partial charge in [0.2, 0.25) is 0 Å². The van der Waals surface area contributed by atoms with E-state index in [-0.39, 0.29) is 5.91 Å². The molecule has 0 aromatic heterocycles. The van der Waals surface area contributed by atoms with Gasteiger partial charge < -0.3 is 14.2 Å². The highest BCUT2D eigenvalue weighted by Gasteiger charge is 2.03. The molecule has 0 saturated carbocycles. The molecule has 0 fully saturated rings. The minimum absolute atomic E-state index is 0.326. The first-order valence-electron chi connectivity index (χ1n) is 7.53. The second-order valence-electron chi connectivity index (χ2n) is 4.96. The molecule has 0 unspecified atom stereocenters. The van der Waals surface area contributed by atoms with Crippen LogP contribution in [0, 0.1) is 0 Å². The van der Waals surface area contributed by atoms with Gasteiger partial charge in [-0.25, -0.2) is 5.43 Å². The van der Waals surface area contributed by atoms with E-state index in [1.165, 1.54) is 12.3 Å². The molecule has 0 atom stereocenters. The average molecular weight is 340 g/mol. The lowest BCUT2D eigenvalue weighted by Crippen LogP contribution is -2.14. The van der Waals surface area contributed by atoms with E-state index in [2.05, 4.69) is 10.5 Å². The molecule has 0 aliphatic heterocycles. The maximum absolute atomic E-state index is 11.8. The van der Waals surface area contributed by atoms with Crippen LogP contribution in [-0.2, 0) is 4.79 Å². The van der Waals surface area contributed by atoms with Crippen LogP contribution < -0.4 is 19.6 Å². The Morgan fingerprint density at radius 2 is 1.60 bits per heavy atom. The fraction of sp³-hybridized carbons (Fsp3) is 0.158. The highest BCUT2D eigenvalue weighted by atomic mass is 16.5. The fourth-order valence-corrected chi connectivity index (χ4v) is 2.03. The number of carbonyl (C=O) groups is 1. The second kappa shape index (κ2) is 9.12. The van der Waals surface area contributed by atoms with E-state index in [1.54, 1.807) is 39.5 Å². The highest BCUT2D eigenvalue weighted by Crippen LogP contribution is 2.26. The van der Waals surface area contributed by atoms with Gasteiger partial charge in [-0.15, -0.1) is 0 Å². The number of rotatable bonds is 7. The number of nitrogens with zero attached hydrogens (tertiary/aromatic N) is 1. The lowest BCUT2D eigenvalue weighted by atomic mass is 10.2. The van der Waals surface area contributed by atoms with Gasteiger partial charge in [-0.3, -0.25) is 4.79 Å².